The molecule has 1 aromatic rings. The van der Waals surface area contributed by atoms with E-state index in [9.17, 15) is 15.0 Å². The van der Waals surface area contributed by atoms with Gasteiger partial charge in [-0.3, -0.25) is 4.79 Å². The van der Waals surface area contributed by atoms with Gasteiger partial charge in [0.15, 0.2) is 5.12 Å². The number of aliphatic hydroxyl groups is 2. The molecule has 0 saturated heterocycles. The van der Waals surface area contributed by atoms with Gasteiger partial charge in [-0.2, -0.15) is 0 Å². The number of hydrogen-bond donors (Lipinski definition) is 3. The van der Waals surface area contributed by atoms with Gasteiger partial charge in [0.2, 0.25) is 0 Å². The molecule has 2 unspecified atom stereocenters. The van der Waals surface area contributed by atoms with E-state index in [2.05, 4.69) is 9.97 Å². The molecule has 3 N–H and O–H groups in total. The highest BCUT2D eigenvalue weighted by Crippen LogP contribution is 2.20. The molecule has 84 valence electrons. The molecule has 0 spiro atoms. The molecule has 0 fully saturated rings. The van der Waals surface area contributed by atoms with Gasteiger partial charge in [0.25, 0.3) is 0 Å². The Bertz CT molecular complexity index is 340. The zero-order chi connectivity index (χ0) is 11.4. The minimum absolute atomic E-state index is 0.0833. The number of imidazole rings is 1. The maximum absolute atomic E-state index is 10.7. The minimum atomic E-state index is -1.05. The second-order valence-electron chi connectivity index (χ2n) is 3.23. The van der Waals surface area contributed by atoms with Gasteiger partial charge >= 0.3 is 0 Å². The highest BCUT2D eigenvalue weighted by Gasteiger charge is 2.22. The lowest BCUT2D eigenvalue weighted by atomic mass is 10.1. The van der Waals surface area contributed by atoms with Gasteiger partial charge in [-0.15, -0.1) is 0 Å². The van der Waals surface area contributed by atoms with Crippen LogP contribution in [0.15, 0.2) is 6.33 Å². The van der Waals surface area contributed by atoms with Crippen LogP contribution in [0.4, 0.5) is 0 Å². The van der Waals surface area contributed by atoms with Gasteiger partial charge in [0, 0.05) is 18.4 Å². The molecule has 6 heteroatoms. The molecule has 0 aliphatic heterocycles. The summed E-state index contributed by atoms with van der Waals surface area (Å²) >= 11 is 0.984. The Hall–Kier alpha value is -0.850. The lowest BCUT2D eigenvalue weighted by Crippen LogP contribution is -2.22. The summed E-state index contributed by atoms with van der Waals surface area (Å²) in [6.07, 6.45) is -0.581. The summed E-state index contributed by atoms with van der Waals surface area (Å²) in [5, 5.41) is 19.2. The summed E-state index contributed by atoms with van der Waals surface area (Å²) in [6.45, 7) is 3.18. The Morgan fingerprint density at radius 2 is 2.33 bits per heavy atom. The summed E-state index contributed by atoms with van der Waals surface area (Å²) in [5.74, 6) is 0.169. The van der Waals surface area contributed by atoms with Crippen LogP contribution in [0.1, 0.15) is 24.4 Å². The van der Waals surface area contributed by atoms with E-state index < -0.39 is 12.2 Å². The zero-order valence-electron chi connectivity index (χ0n) is 8.60. The molecule has 0 aromatic carbocycles. The van der Waals surface area contributed by atoms with E-state index >= 15 is 0 Å². The van der Waals surface area contributed by atoms with Crippen LogP contribution in [0.3, 0.4) is 0 Å². The van der Waals surface area contributed by atoms with Crippen LogP contribution in [-0.2, 0) is 4.79 Å². The average molecular weight is 230 g/mol. The number of carbonyl (C=O) groups is 1. The molecular weight excluding hydrogens is 216 g/mol. The number of nitrogens with zero attached hydrogens (tertiary/aromatic N) is 1. The van der Waals surface area contributed by atoms with E-state index in [4.69, 9.17) is 0 Å². The molecule has 15 heavy (non-hydrogen) atoms. The first kappa shape index (κ1) is 12.2. The quantitative estimate of drug-likeness (QED) is 0.696. The largest absolute Gasteiger partial charge is 0.389 e. The van der Waals surface area contributed by atoms with Crippen molar-refractivity contribution in [3.8, 4) is 0 Å². The fourth-order valence-corrected chi connectivity index (χ4v) is 1.73. The molecule has 0 amide bonds. The molecule has 0 saturated carbocycles. The number of aromatic amines is 1. The van der Waals surface area contributed by atoms with Crippen molar-refractivity contribution >= 4 is 16.9 Å². The topological polar surface area (TPSA) is 86.2 Å². The van der Waals surface area contributed by atoms with E-state index in [0.29, 0.717) is 5.69 Å². The van der Waals surface area contributed by atoms with E-state index in [-0.39, 0.29) is 10.9 Å². The van der Waals surface area contributed by atoms with Crippen molar-refractivity contribution in [1.29, 1.82) is 0 Å². The molecule has 0 aliphatic rings. The van der Waals surface area contributed by atoms with E-state index in [0.717, 1.165) is 17.5 Å². The second-order valence-corrected chi connectivity index (χ2v) is 4.42. The lowest BCUT2D eigenvalue weighted by Gasteiger charge is -2.15. The maximum atomic E-state index is 10.7. The van der Waals surface area contributed by atoms with Gasteiger partial charge < -0.3 is 15.2 Å². The third-order valence-corrected chi connectivity index (χ3v) is 2.89. The van der Waals surface area contributed by atoms with Crippen LogP contribution in [0.5, 0.6) is 0 Å². The second kappa shape index (κ2) is 5.29. The normalized spacial score (nSPS) is 14.9. The number of aliphatic hydroxyl groups excluding tert-OH is 2. The van der Waals surface area contributed by atoms with Crippen LogP contribution in [0.2, 0.25) is 0 Å². The van der Waals surface area contributed by atoms with Gasteiger partial charge in [-0.05, 0) is 6.92 Å². The van der Waals surface area contributed by atoms with Gasteiger partial charge in [-0.1, -0.05) is 11.8 Å². The lowest BCUT2D eigenvalue weighted by molar-refractivity contribution is -0.109. The summed E-state index contributed by atoms with van der Waals surface area (Å²) < 4.78 is 0. The predicted octanol–water partition coefficient (Wildman–Crippen LogP) is 0.392. The molecule has 1 heterocycles. The first-order chi connectivity index (χ1) is 7.02. The molecule has 0 radical (unpaired) electrons. The summed E-state index contributed by atoms with van der Waals surface area (Å²) in [4.78, 5) is 17.4. The van der Waals surface area contributed by atoms with Crippen molar-refractivity contribution in [2.45, 2.75) is 26.1 Å². The highest BCUT2D eigenvalue weighted by molar-refractivity contribution is 8.13. The fraction of sp³-hybridized carbons (Fsp3) is 0.556. The fourth-order valence-electron chi connectivity index (χ4n) is 1.14. The maximum Gasteiger partial charge on any atom is 0.185 e. The molecule has 2 atom stereocenters. The number of H-pyrrole nitrogens is 1. The van der Waals surface area contributed by atoms with Crippen LogP contribution in [0, 0.1) is 6.92 Å². The minimum Gasteiger partial charge on any atom is -0.389 e. The van der Waals surface area contributed by atoms with Crippen LogP contribution >= 0.6 is 11.8 Å². The smallest absolute Gasteiger partial charge is 0.185 e. The first-order valence-corrected chi connectivity index (χ1v) is 5.50. The van der Waals surface area contributed by atoms with E-state index in [1.807, 2.05) is 0 Å². The SMILES string of the molecule is CC(=O)SCC(O)C(O)c1nc[nH]c1C. The Balaban J connectivity index is 2.57. The van der Waals surface area contributed by atoms with Crippen molar-refractivity contribution in [3.63, 3.8) is 0 Å². The Morgan fingerprint density at radius 1 is 1.67 bits per heavy atom. The van der Waals surface area contributed by atoms with Crippen LogP contribution in [0.25, 0.3) is 0 Å². The zero-order valence-corrected chi connectivity index (χ0v) is 9.41. The Kier molecular flexibility index (Phi) is 4.31. The number of hydrogen-bond acceptors (Lipinski definition) is 5. The number of nitrogens with one attached hydrogen (secondary N) is 1. The number of rotatable bonds is 4. The molecule has 1 rings (SSSR count). The molecule has 1 aromatic heterocycles. The highest BCUT2D eigenvalue weighted by atomic mass is 32.2. The van der Waals surface area contributed by atoms with Crippen molar-refractivity contribution in [3.05, 3.63) is 17.7 Å². The average Bonchev–Trinajstić information content (AvgIpc) is 2.59. The van der Waals surface area contributed by atoms with Crippen molar-refractivity contribution in [2.75, 3.05) is 5.75 Å². The van der Waals surface area contributed by atoms with Crippen molar-refractivity contribution in [2.24, 2.45) is 0 Å². The van der Waals surface area contributed by atoms with Gasteiger partial charge in [0.1, 0.15) is 6.10 Å². The number of thioether (sulfide) groups is 1. The Labute approximate surface area is 91.9 Å². The van der Waals surface area contributed by atoms with Crippen molar-refractivity contribution < 1.29 is 15.0 Å². The molecular formula is C9H14N2O3S. The predicted molar refractivity (Wildman–Crippen MR) is 57.4 cm³/mol. The third-order valence-electron chi connectivity index (χ3n) is 1.97. The number of aromatic nitrogens is 2. The number of carbonyl (C=O) groups excluding carboxylic acids is 1. The summed E-state index contributed by atoms with van der Waals surface area (Å²) in [7, 11) is 0. The van der Waals surface area contributed by atoms with E-state index in [1.165, 1.54) is 13.3 Å². The summed E-state index contributed by atoms with van der Waals surface area (Å²) in [6, 6.07) is 0. The van der Waals surface area contributed by atoms with Crippen LogP contribution in [-0.4, -0.2) is 37.2 Å². The number of aryl methyl sites for hydroxylation is 1. The van der Waals surface area contributed by atoms with Gasteiger partial charge in [-0.25, -0.2) is 4.98 Å². The third kappa shape index (κ3) is 3.33. The monoisotopic (exact) mass is 230 g/mol. The standard InChI is InChI=1S/C9H14N2O3S/c1-5-8(11-4-10-5)9(14)7(13)3-15-6(2)12/h4,7,9,13-14H,3H2,1-2H3,(H,10,11). The summed E-state index contributed by atoms with van der Waals surface area (Å²) in [5.41, 5.74) is 1.14. The first-order valence-electron chi connectivity index (χ1n) is 4.51. The van der Waals surface area contributed by atoms with Crippen molar-refractivity contribution in [1.82, 2.24) is 9.97 Å². The van der Waals surface area contributed by atoms with Gasteiger partial charge in [0.05, 0.1) is 18.1 Å². The Morgan fingerprint density at radius 3 is 2.80 bits per heavy atom. The van der Waals surface area contributed by atoms with Crippen LogP contribution < -0.4 is 0 Å². The molecule has 0 aliphatic carbocycles. The van der Waals surface area contributed by atoms with E-state index in [1.54, 1.807) is 6.92 Å². The molecule has 5 nitrogen and oxygen atoms in total. The molecule has 0 bridgehead atoms.